The number of amides is 4. The number of ether oxygens (including phenoxy) is 1. The van der Waals surface area contributed by atoms with E-state index in [9.17, 15) is 19.2 Å². The lowest BCUT2D eigenvalue weighted by Gasteiger charge is -2.14. The first-order valence-corrected chi connectivity index (χ1v) is 7.36. The number of imide groups is 1. The van der Waals surface area contributed by atoms with E-state index >= 15 is 0 Å². The quantitative estimate of drug-likeness (QED) is 0.631. The molecule has 1 aliphatic heterocycles. The van der Waals surface area contributed by atoms with Gasteiger partial charge in [0.05, 0.1) is 0 Å². The summed E-state index contributed by atoms with van der Waals surface area (Å²) >= 11 is 0. The average Bonchev–Trinajstić information content (AvgIpc) is 2.75. The van der Waals surface area contributed by atoms with Gasteiger partial charge in [-0.05, 0) is 25.0 Å². The second kappa shape index (κ2) is 7.12. The maximum absolute atomic E-state index is 11.9. The normalized spacial score (nSPS) is 14.1. The van der Waals surface area contributed by atoms with E-state index in [1.807, 2.05) is 32.0 Å². The fraction of sp³-hybridized carbons (Fsp3) is 0.375. The highest BCUT2D eigenvalue weighted by Crippen LogP contribution is 2.19. The molecule has 0 spiro atoms. The molecule has 1 aromatic rings. The lowest BCUT2D eigenvalue weighted by Crippen LogP contribution is -2.37. The van der Waals surface area contributed by atoms with Crippen LogP contribution in [0.4, 0.5) is 10.5 Å². The number of hydrogen-bond donors (Lipinski definition) is 1. The Bertz CT molecular complexity index is 681. The van der Waals surface area contributed by atoms with Crippen LogP contribution in [0.3, 0.4) is 0 Å². The summed E-state index contributed by atoms with van der Waals surface area (Å²) in [5.41, 5.74) is 2.46. The number of carbonyl (C=O) groups excluding carboxylic acids is 4. The van der Waals surface area contributed by atoms with Crippen molar-refractivity contribution in [3.05, 3.63) is 29.3 Å². The first-order valence-electron chi connectivity index (χ1n) is 7.36. The van der Waals surface area contributed by atoms with Gasteiger partial charge in [0.1, 0.15) is 13.1 Å². The van der Waals surface area contributed by atoms with Gasteiger partial charge in [-0.25, -0.2) is 4.79 Å². The van der Waals surface area contributed by atoms with E-state index in [4.69, 9.17) is 4.74 Å². The molecular weight excluding hydrogens is 314 g/mol. The summed E-state index contributed by atoms with van der Waals surface area (Å²) in [6.07, 6.45) is 0. The zero-order chi connectivity index (χ0) is 17.9. The molecule has 0 unspecified atom stereocenters. The molecule has 8 nitrogen and oxygen atoms in total. The van der Waals surface area contributed by atoms with E-state index in [0.717, 1.165) is 16.0 Å². The molecule has 128 valence electrons. The summed E-state index contributed by atoms with van der Waals surface area (Å²) in [6.45, 7) is 2.65. The maximum Gasteiger partial charge on any atom is 0.327 e. The minimum absolute atomic E-state index is 0.0703. The number of rotatable bonds is 5. The lowest BCUT2D eigenvalue weighted by atomic mass is 10.1. The first kappa shape index (κ1) is 17.5. The van der Waals surface area contributed by atoms with Crippen molar-refractivity contribution in [3.8, 4) is 0 Å². The summed E-state index contributed by atoms with van der Waals surface area (Å²) in [6, 6.07) is 5.03. The molecule has 1 aromatic carbocycles. The summed E-state index contributed by atoms with van der Waals surface area (Å²) < 4.78 is 4.83. The van der Waals surface area contributed by atoms with Crippen LogP contribution in [-0.2, 0) is 19.1 Å². The number of likely N-dealkylation sites (N-methyl/N-ethyl adjacent to an activating group) is 1. The van der Waals surface area contributed by atoms with Gasteiger partial charge < -0.3 is 15.0 Å². The lowest BCUT2D eigenvalue weighted by molar-refractivity contribution is -0.149. The Morgan fingerprint density at radius 2 is 1.83 bits per heavy atom. The van der Waals surface area contributed by atoms with Crippen molar-refractivity contribution in [3.63, 3.8) is 0 Å². The second-order valence-electron chi connectivity index (χ2n) is 5.59. The van der Waals surface area contributed by atoms with Gasteiger partial charge in [-0.1, -0.05) is 18.2 Å². The van der Waals surface area contributed by atoms with Gasteiger partial charge in [-0.2, -0.15) is 0 Å². The number of anilines is 1. The number of hydrogen-bond acceptors (Lipinski definition) is 5. The minimum Gasteiger partial charge on any atom is -0.454 e. The van der Waals surface area contributed by atoms with Crippen molar-refractivity contribution in [2.24, 2.45) is 0 Å². The highest BCUT2D eigenvalue weighted by molar-refractivity contribution is 6.04. The molecular formula is C16H19N3O5. The fourth-order valence-electron chi connectivity index (χ4n) is 2.33. The molecule has 24 heavy (non-hydrogen) atoms. The molecule has 0 saturated carbocycles. The summed E-state index contributed by atoms with van der Waals surface area (Å²) in [5, 5.41) is 2.68. The van der Waals surface area contributed by atoms with Crippen LogP contribution in [0.1, 0.15) is 11.1 Å². The van der Waals surface area contributed by atoms with E-state index in [-0.39, 0.29) is 6.54 Å². The van der Waals surface area contributed by atoms with Gasteiger partial charge in [-0.15, -0.1) is 0 Å². The molecule has 0 aromatic heterocycles. The van der Waals surface area contributed by atoms with Gasteiger partial charge in [-0.3, -0.25) is 19.3 Å². The monoisotopic (exact) mass is 333 g/mol. The molecule has 1 fully saturated rings. The average molecular weight is 333 g/mol. The molecule has 0 aliphatic carbocycles. The van der Waals surface area contributed by atoms with Crippen LogP contribution in [0, 0.1) is 13.8 Å². The Kier molecular flexibility index (Phi) is 5.18. The topological polar surface area (TPSA) is 96.0 Å². The molecule has 0 bridgehead atoms. The van der Waals surface area contributed by atoms with Crippen molar-refractivity contribution in [2.75, 3.05) is 32.1 Å². The number of nitrogens with one attached hydrogen (secondary N) is 1. The third kappa shape index (κ3) is 3.89. The van der Waals surface area contributed by atoms with Crippen molar-refractivity contribution in [2.45, 2.75) is 13.8 Å². The number of aryl methyl sites for hydroxylation is 2. The number of nitrogens with zero attached hydrogens (tertiary/aromatic N) is 2. The van der Waals surface area contributed by atoms with E-state index in [1.165, 1.54) is 11.9 Å². The van der Waals surface area contributed by atoms with Crippen LogP contribution in [-0.4, -0.2) is 60.4 Å². The van der Waals surface area contributed by atoms with Crippen LogP contribution in [0.15, 0.2) is 18.2 Å². The van der Waals surface area contributed by atoms with Crippen molar-refractivity contribution >= 4 is 29.5 Å². The molecule has 4 amide bonds. The second-order valence-corrected chi connectivity index (χ2v) is 5.59. The van der Waals surface area contributed by atoms with E-state index in [2.05, 4.69) is 5.32 Å². The smallest absolute Gasteiger partial charge is 0.327 e. The first-order chi connectivity index (χ1) is 11.3. The largest absolute Gasteiger partial charge is 0.454 e. The molecule has 0 radical (unpaired) electrons. The van der Waals surface area contributed by atoms with Gasteiger partial charge >= 0.3 is 12.0 Å². The molecule has 1 aliphatic rings. The van der Waals surface area contributed by atoms with E-state index in [0.29, 0.717) is 5.69 Å². The van der Waals surface area contributed by atoms with Crippen molar-refractivity contribution < 1.29 is 23.9 Å². The van der Waals surface area contributed by atoms with Crippen LogP contribution >= 0.6 is 0 Å². The SMILES string of the molecule is Cc1cccc(C)c1NC(=O)COC(=O)CN1C(=O)CN(C)C1=O. The number of esters is 1. The van der Waals surface area contributed by atoms with Gasteiger partial charge in [0.2, 0.25) is 0 Å². The summed E-state index contributed by atoms with van der Waals surface area (Å²) in [4.78, 5) is 48.8. The Hall–Kier alpha value is -2.90. The molecule has 8 heteroatoms. The highest BCUT2D eigenvalue weighted by Gasteiger charge is 2.35. The molecule has 1 heterocycles. The van der Waals surface area contributed by atoms with Gasteiger partial charge in [0.15, 0.2) is 6.61 Å². The molecule has 0 atom stereocenters. The molecule has 2 rings (SSSR count). The fourth-order valence-corrected chi connectivity index (χ4v) is 2.33. The number of benzene rings is 1. The standard InChI is InChI=1S/C16H19N3O5/c1-10-5-4-6-11(2)15(10)17-12(20)9-24-14(22)8-19-13(21)7-18(3)16(19)23/h4-6H,7-9H2,1-3H3,(H,17,20). The van der Waals surface area contributed by atoms with Gasteiger partial charge in [0.25, 0.3) is 11.8 Å². The van der Waals surface area contributed by atoms with Crippen molar-refractivity contribution in [1.82, 2.24) is 9.80 Å². The van der Waals surface area contributed by atoms with Crippen LogP contribution < -0.4 is 5.32 Å². The summed E-state index contributed by atoms with van der Waals surface area (Å²) in [7, 11) is 1.46. The highest BCUT2D eigenvalue weighted by atomic mass is 16.5. The zero-order valence-corrected chi connectivity index (χ0v) is 13.8. The Labute approximate surface area is 139 Å². The Balaban J connectivity index is 1.85. The Morgan fingerprint density at radius 3 is 2.38 bits per heavy atom. The number of urea groups is 1. The minimum atomic E-state index is -0.816. The van der Waals surface area contributed by atoms with E-state index < -0.39 is 37.0 Å². The van der Waals surface area contributed by atoms with Crippen LogP contribution in [0.2, 0.25) is 0 Å². The number of carbonyl (C=O) groups is 4. The zero-order valence-electron chi connectivity index (χ0n) is 13.8. The van der Waals surface area contributed by atoms with Crippen molar-refractivity contribution in [1.29, 1.82) is 0 Å². The number of para-hydroxylation sites is 1. The molecule has 1 saturated heterocycles. The molecule has 1 N–H and O–H groups in total. The maximum atomic E-state index is 11.9. The summed E-state index contributed by atoms with van der Waals surface area (Å²) in [5.74, 6) is -1.78. The third-order valence-corrected chi connectivity index (χ3v) is 3.63. The van der Waals surface area contributed by atoms with E-state index in [1.54, 1.807) is 0 Å². The predicted molar refractivity (Wildman–Crippen MR) is 85.2 cm³/mol. The third-order valence-electron chi connectivity index (χ3n) is 3.63. The van der Waals surface area contributed by atoms with Crippen LogP contribution in [0.25, 0.3) is 0 Å². The Morgan fingerprint density at radius 1 is 1.21 bits per heavy atom. The van der Waals surface area contributed by atoms with Crippen LogP contribution in [0.5, 0.6) is 0 Å². The predicted octanol–water partition coefficient (Wildman–Crippen LogP) is 0.679. The van der Waals surface area contributed by atoms with Gasteiger partial charge in [0, 0.05) is 12.7 Å².